The van der Waals surface area contributed by atoms with Gasteiger partial charge in [0.15, 0.2) is 5.78 Å². The molecule has 1 amide bonds. The lowest BCUT2D eigenvalue weighted by atomic mass is 10.0. The highest BCUT2D eigenvalue weighted by atomic mass is 16.1. The monoisotopic (exact) mass is 203 g/mol. The molecule has 1 rings (SSSR count). The van der Waals surface area contributed by atoms with E-state index in [2.05, 4.69) is 0 Å². The first kappa shape index (κ1) is 11.2. The summed E-state index contributed by atoms with van der Waals surface area (Å²) in [6.07, 6.45) is 3.58. The van der Waals surface area contributed by atoms with Gasteiger partial charge in [0.2, 0.25) is 5.91 Å². The summed E-state index contributed by atoms with van der Waals surface area (Å²) in [7, 11) is 0. The summed E-state index contributed by atoms with van der Waals surface area (Å²) >= 11 is 0. The highest BCUT2D eigenvalue weighted by Gasteiger charge is 2.02. The van der Waals surface area contributed by atoms with Crippen molar-refractivity contribution in [1.82, 2.24) is 0 Å². The topological polar surface area (TPSA) is 60.2 Å². The highest BCUT2D eigenvalue weighted by molar-refractivity contribution is 5.97. The van der Waals surface area contributed by atoms with E-state index in [1.807, 2.05) is 18.2 Å². The van der Waals surface area contributed by atoms with Gasteiger partial charge in [0.05, 0.1) is 0 Å². The maximum atomic E-state index is 11.2. The molecule has 0 radical (unpaired) electrons. The average molecular weight is 203 g/mol. The largest absolute Gasteiger partial charge is 0.369 e. The number of amides is 1. The Kier molecular flexibility index (Phi) is 3.80. The molecule has 3 heteroatoms. The molecule has 0 saturated heterocycles. The van der Waals surface area contributed by atoms with Crippen LogP contribution >= 0.6 is 0 Å². The second-order valence-corrected chi connectivity index (χ2v) is 3.22. The Morgan fingerprint density at radius 3 is 2.60 bits per heavy atom. The minimum Gasteiger partial charge on any atom is -0.369 e. The van der Waals surface area contributed by atoms with Crippen molar-refractivity contribution in [3.8, 4) is 0 Å². The SMILES string of the molecule is CC(=O)c1ccccc1C=CCC(N)=O. The zero-order valence-electron chi connectivity index (χ0n) is 8.57. The maximum Gasteiger partial charge on any atom is 0.221 e. The van der Waals surface area contributed by atoms with Gasteiger partial charge in [-0.3, -0.25) is 9.59 Å². The molecule has 0 fully saturated rings. The second kappa shape index (κ2) is 5.10. The Morgan fingerprint density at radius 1 is 1.33 bits per heavy atom. The number of hydrogen-bond donors (Lipinski definition) is 1. The molecule has 0 bridgehead atoms. The number of nitrogens with two attached hydrogens (primary N) is 1. The Balaban J connectivity index is 2.89. The third-order valence-corrected chi connectivity index (χ3v) is 1.96. The predicted octanol–water partition coefficient (Wildman–Crippen LogP) is 1.78. The molecule has 0 aliphatic heterocycles. The standard InChI is InChI=1S/C12H13NO2/c1-9(14)11-7-3-2-5-10(11)6-4-8-12(13)15/h2-7H,8H2,1H3,(H2,13,15). The fourth-order valence-electron chi connectivity index (χ4n) is 1.27. The molecule has 0 aliphatic rings. The zero-order valence-corrected chi connectivity index (χ0v) is 8.57. The van der Waals surface area contributed by atoms with Gasteiger partial charge in [-0.2, -0.15) is 0 Å². The van der Waals surface area contributed by atoms with E-state index < -0.39 is 0 Å². The fraction of sp³-hybridized carbons (Fsp3) is 0.167. The second-order valence-electron chi connectivity index (χ2n) is 3.22. The molecule has 1 aromatic rings. The molecular formula is C12H13NO2. The van der Waals surface area contributed by atoms with Crippen LogP contribution in [0, 0.1) is 0 Å². The van der Waals surface area contributed by atoms with Crippen molar-refractivity contribution < 1.29 is 9.59 Å². The first-order chi connectivity index (χ1) is 7.11. The third kappa shape index (κ3) is 3.38. The molecule has 15 heavy (non-hydrogen) atoms. The van der Waals surface area contributed by atoms with Crippen molar-refractivity contribution in [2.75, 3.05) is 0 Å². The van der Waals surface area contributed by atoms with E-state index in [9.17, 15) is 9.59 Å². The molecule has 0 unspecified atom stereocenters. The number of carbonyl (C=O) groups excluding carboxylic acids is 2. The highest BCUT2D eigenvalue weighted by Crippen LogP contribution is 2.11. The number of benzene rings is 1. The smallest absolute Gasteiger partial charge is 0.221 e. The number of hydrogen-bond acceptors (Lipinski definition) is 2. The van der Waals surface area contributed by atoms with E-state index in [0.717, 1.165) is 5.56 Å². The Bertz CT molecular complexity index is 408. The van der Waals surface area contributed by atoms with E-state index in [0.29, 0.717) is 5.56 Å². The minimum absolute atomic E-state index is 0.00863. The Hall–Kier alpha value is -1.90. The molecule has 3 nitrogen and oxygen atoms in total. The van der Waals surface area contributed by atoms with Crippen LogP contribution in [-0.2, 0) is 4.79 Å². The molecule has 0 atom stereocenters. The first-order valence-corrected chi connectivity index (χ1v) is 4.66. The normalized spacial score (nSPS) is 10.5. The van der Waals surface area contributed by atoms with Crippen molar-refractivity contribution in [1.29, 1.82) is 0 Å². The first-order valence-electron chi connectivity index (χ1n) is 4.66. The van der Waals surface area contributed by atoms with Crippen molar-refractivity contribution in [2.24, 2.45) is 5.73 Å². The average Bonchev–Trinajstić information content (AvgIpc) is 2.17. The number of ketones is 1. The van der Waals surface area contributed by atoms with Crippen LogP contribution in [0.4, 0.5) is 0 Å². The lowest BCUT2D eigenvalue weighted by Gasteiger charge is -2.00. The van der Waals surface area contributed by atoms with Crippen LogP contribution in [0.15, 0.2) is 30.3 Å². The molecule has 78 valence electrons. The van der Waals surface area contributed by atoms with Crippen LogP contribution in [0.5, 0.6) is 0 Å². The molecular weight excluding hydrogens is 190 g/mol. The van der Waals surface area contributed by atoms with Crippen molar-refractivity contribution >= 4 is 17.8 Å². The lowest BCUT2D eigenvalue weighted by Crippen LogP contribution is -2.08. The van der Waals surface area contributed by atoms with Gasteiger partial charge in [-0.1, -0.05) is 36.4 Å². The summed E-state index contributed by atoms with van der Waals surface area (Å²) in [5.74, 6) is -0.374. The van der Waals surface area contributed by atoms with Crippen molar-refractivity contribution in [3.63, 3.8) is 0 Å². The van der Waals surface area contributed by atoms with Crippen molar-refractivity contribution in [2.45, 2.75) is 13.3 Å². The number of Topliss-reactive ketones (excluding diaryl/α,β-unsaturated/α-hetero) is 1. The summed E-state index contributed by atoms with van der Waals surface area (Å²) in [6, 6.07) is 7.24. The summed E-state index contributed by atoms with van der Waals surface area (Å²) in [6.45, 7) is 1.51. The van der Waals surface area contributed by atoms with E-state index in [1.165, 1.54) is 6.92 Å². The maximum absolute atomic E-state index is 11.2. The molecule has 0 heterocycles. The summed E-state index contributed by atoms with van der Waals surface area (Å²) in [5, 5.41) is 0. The summed E-state index contributed by atoms with van der Waals surface area (Å²) in [4.78, 5) is 21.8. The lowest BCUT2D eigenvalue weighted by molar-refractivity contribution is -0.117. The van der Waals surface area contributed by atoms with Gasteiger partial charge in [0, 0.05) is 12.0 Å². The fourth-order valence-corrected chi connectivity index (χ4v) is 1.27. The van der Waals surface area contributed by atoms with Crippen LogP contribution in [0.3, 0.4) is 0 Å². The van der Waals surface area contributed by atoms with Gasteiger partial charge >= 0.3 is 0 Å². The van der Waals surface area contributed by atoms with Gasteiger partial charge in [0.1, 0.15) is 0 Å². The van der Waals surface area contributed by atoms with E-state index >= 15 is 0 Å². The quantitative estimate of drug-likeness (QED) is 0.758. The van der Waals surface area contributed by atoms with Crippen LogP contribution < -0.4 is 5.73 Å². The molecule has 0 aromatic heterocycles. The van der Waals surface area contributed by atoms with Crippen LogP contribution in [-0.4, -0.2) is 11.7 Å². The van der Waals surface area contributed by atoms with Gasteiger partial charge in [0.25, 0.3) is 0 Å². The number of rotatable bonds is 4. The Morgan fingerprint density at radius 2 is 2.00 bits per heavy atom. The molecule has 1 aromatic carbocycles. The van der Waals surface area contributed by atoms with Gasteiger partial charge < -0.3 is 5.73 Å². The molecule has 0 saturated carbocycles. The van der Waals surface area contributed by atoms with Crippen molar-refractivity contribution in [3.05, 3.63) is 41.5 Å². The molecule has 2 N–H and O–H groups in total. The van der Waals surface area contributed by atoms with E-state index in [-0.39, 0.29) is 18.1 Å². The predicted molar refractivity (Wildman–Crippen MR) is 59.3 cm³/mol. The van der Waals surface area contributed by atoms with Crippen LogP contribution in [0.1, 0.15) is 29.3 Å². The van der Waals surface area contributed by atoms with Gasteiger partial charge in [-0.25, -0.2) is 0 Å². The van der Waals surface area contributed by atoms with Gasteiger partial charge in [-0.05, 0) is 12.5 Å². The van der Waals surface area contributed by atoms with E-state index in [4.69, 9.17) is 5.73 Å². The molecule has 0 spiro atoms. The van der Waals surface area contributed by atoms with E-state index in [1.54, 1.807) is 18.2 Å². The Labute approximate surface area is 88.6 Å². The summed E-state index contributed by atoms with van der Waals surface area (Å²) in [5.41, 5.74) is 6.46. The molecule has 0 aliphatic carbocycles. The zero-order chi connectivity index (χ0) is 11.3. The van der Waals surface area contributed by atoms with Crippen LogP contribution in [0.25, 0.3) is 6.08 Å². The number of carbonyl (C=O) groups is 2. The van der Waals surface area contributed by atoms with Gasteiger partial charge in [-0.15, -0.1) is 0 Å². The van der Waals surface area contributed by atoms with Crippen LogP contribution in [0.2, 0.25) is 0 Å². The summed E-state index contributed by atoms with van der Waals surface area (Å²) < 4.78 is 0. The number of primary amides is 1. The third-order valence-electron chi connectivity index (χ3n) is 1.96. The minimum atomic E-state index is -0.383.